The minimum Gasteiger partial charge on any atom is -0.258 e. The molecule has 0 bridgehead atoms. The van der Waals surface area contributed by atoms with Crippen molar-refractivity contribution >= 4 is 21.6 Å². The molecule has 0 atom stereocenters. The van der Waals surface area contributed by atoms with E-state index in [2.05, 4.69) is 31.3 Å². The molecule has 0 fully saturated rings. The van der Waals surface area contributed by atoms with E-state index in [0.717, 1.165) is 10.0 Å². The van der Waals surface area contributed by atoms with Gasteiger partial charge >= 0.3 is 0 Å². The van der Waals surface area contributed by atoms with Gasteiger partial charge < -0.3 is 0 Å². The van der Waals surface area contributed by atoms with E-state index in [0.29, 0.717) is 11.5 Å². The first-order valence-corrected chi connectivity index (χ1v) is 7.13. The van der Waals surface area contributed by atoms with Gasteiger partial charge in [0.15, 0.2) is 0 Å². The average Bonchev–Trinajstić information content (AvgIpc) is 3.04. The molecule has 1 heterocycles. The molecule has 0 unspecified atom stereocenters. The Hall–Kier alpha value is -3.12. The molecule has 112 valence electrons. The molecule has 0 amide bonds. The molecule has 0 saturated carbocycles. The highest BCUT2D eigenvalue weighted by Gasteiger charge is 2.15. The SMILES string of the molecule is N#Cc1cc([N+](=O)[O-])ccc1-n1nnc(-c2ccccc2Br)n1. The van der Waals surface area contributed by atoms with Crippen LogP contribution in [-0.4, -0.2) is 25.1 Å². The average molecular weight is 371 g/mol. The van der Waals surface area contributed by atoms with Crippen LogP contribution in [0.5, 0.6) is 0 Å². The van der Waals surface area contributed by atoms with Crippen LogP contribution >= 0.6 is 15.9 Å². The maximum atomic E-state index is 10.8. The number of nitro groups is 1. The molecule has 0 N–H and O–H groups in total. The molecule has 1 aromatic heterocycles. The monoisotopic (exact) mass is 370 g/mol. The number of nitrogens with zero attached hydrogens (tertiary/aromatic N) is 6. The van der Waals surface area contributed by atoms with Crippen molar-refractivity contribution in [1.29, 1.82) is 5.26 Å². The Labute approximate surface area is 138 Å². The zero-order chi connectivity index (χ0) is 16.4. The lowest BCUT2D eigenvalue weighted by Gasteiger charge is -2.01. The Balaban J connectivity index is 2.06. The summed E-state index contributed by atoms with van der Waals surface area (Å²) in [6.07, 6.45) is 0. The summed E-state index contributed by atoms with van der Waals surface area (Å²) in [6, 6.07) is 13.2. The molecule has 0 saturated heterocycles. The molecule has 9 heteroatoms. The molecule has 23 heavy (non-hydrogen) atoms. The number of non-ortho nitro benzene ring substituents is 1. The van der Waals surface area contributed by atoms with E-state index >= 15 is 0 Å². The first-order valence-electron chi connectivity index (χ1n) is 6.34. The molecule has 0 radical (unpaired) electrons. The van der Waals surface area contributed by atoms with Crippen molar-refractivity contribution in [2.75, 3.05) is 0 Å². The lowest BCUT2D eigenvalue weighted by atomic mass is 10.2. The van der Waals surface area contributed by atoms with Gasteiger partial charge in [0.25, 0.3) is 5.69 Å². The predicted molar refractivity (Wildman–Crippen MR) is 83.7 cm³/mol. The molecule has 0 aliphatic rings. The van der Waals surface area contributed by atoms with Crippen molar-refractivity contribution in [2.45, 2.75) is 0 Å². The van der Waals surface area contributed by atoms with Gasteiger partial charge in [0.05, 0.1) is 10.5 Å². The molecular weight excluding hydrogens is 364 g/mol. The number of hydrogen-bond donors (Lipinski definition) is 0. The highest BCUT2D eigenvalue weighted by Crippen LogP contribution is 2.25. The summed E-state index contributed by atoms with van der Waals surface area (Å²) < 4.78 is 0.809. The number of tetrazole rings is 1. The quantitative estimate of drug-likeness (QED) is 0.517. The van der Waals surface area contributed by atoms with Crippen molar-refractivity contribution in [2.24, 2.45) is 0 Å². The van der Waals surface area contributed by atoms with E-state index in [9.17, 15) is 15.4 Å². The van der Waals surface area contributed by atoms with Crippen molar-refractivity contribution in [3.8, 4) is 23.1 Å². The number of halogens is 1. The normalized spacial score (nSPS) is 10.3. The second-order valence-corrected chi connectivity index (χ2v) is 5.31. The van der Waals surface area contributed by atoms with Crippen LogP contribution < -0.4 is 0 Å². The summed E-state index contributed by atoms with van der Waals surface area (Å²) in [7, 11) is 0. The third kappa shape index (κ3) is 2.79. The maximum Gasteiger partial charge on any atom is 0.270 e. The van der Waals surface area contributed by atoms with E-state index in [4.69, 9.17) is 0 Å². The number of aromatic nitrogens is 4. The standard InChI is InChI=1S/C14H7BrN6O2/c15-12-4-2-1-3-11(12)14-17-19-20(18-14)13-6-5-10(21(22)23)7-9(13)8-16/h1-7H. The van der Waals surface area contributed by atoms with Gasteiger partial charge in [-0.2, -0.15) is 5.26 Å². The zero-order valence-electron chi connectivity index (χ0n) is 11.4. The van der Waals surface area contributed by atoms with E-state index in [1.54, 1.807) is 0 Å². The van der Waals surface area contributed by atoms with E-state index in [1.165, 1.54) is 23.0 Å². The van der Waals surface area contributed by atoms with Gasteiger partial charge in [-0.25, -0.2) is 0 Å². The topological polar surface area (TPSA) is 111 Å². The second kappa shape index (κ2) is 5.94. The summed E-state index contributed by atoms with van der Waals surface area (Å²) in [4.78, 5) is 11.4. The van der Waals surface area contributed by atoms with Crippen molar-refractivity contribution < 1.29 is 4.92 Å². The van der Waals surface area contributed by atoms with Crippen LogP contribution in [0, 0.1) is 21.4 Å². The Morgan fingerprint density at radius 2 is 2.04 bits per heavy atom. The van der Waals surface area contributed by atoms with Crippen molar-refractivity contribution in [3.05, 3.63) is 62.6 Å². The van der Waals surface area contributed by atoms with Crippen LogP contribution in [0.1, 0.15) is 5.56 Å². The van der Waals surface area contributed by atoms with Gasteiger partial charge in [-0.3, -0.25) is 10.1 Å². The Morgan fingerprint density at radius 3 is 2.74 bits per heavy atom. The highest BCUT2D eigenvalue weighted by molar-refractivity contribution is 9.10. The zero-order valence-corrected chi connectivity index (χ0v) is 13.0. The molecule has 3 rings (SSSR count). The Kier molecular flexibility index (Phi) is 3.82. The number of hydrogen-bond acceptors (Lipinski definition) is 6. The van der Waals surface area contributed by atoms with Gasteiger partial charge in [-0.1, -0.05) is 28.1 Å². The minimum absolute atomic E-state index is 0.0928. The summed E-state index contributed by atoms with van der Waals surface area (Å²) in [5.74, 6) is 0.375. The van der Waals surface area contributed by atoms with Crippen LogP contribution in [0.25, 0.3) is 17.1 Å². The first-order chi connectivity index (χ1) is 11.1. The van der Waals surface area contributed by atoms with E-state index in [-0.39, 0.29) is 11.3 Å². The number of nitriles is 1. The summed E-state index contributed by atoms with van der Waals surface area (Å²) in [5, 5.41) is 32.1. The number of benzene rings is 2. The highest BCUT2D eigenvalue weighted by atomic mass is 79.9. The number of rotatable bonds is 3. The lowest BCUT2D eigenvalue weighted by Crippen LogP contribution is -2.03. The molecule has 0 aliphatic carbocycles. The fourth-order valence-electron chi connectivity index (χ4n) is 1.97. The molecule has 0 spiro atoms. The third-order valence-corrected chi connectivity index (χ3v) is 3.75. The van der Waals surface area contributed by atoms with Gasteiger partial charge in [0.1, 0.15) is 11.8 Å². The van der Waals surface area contributed by atoms with E-state index < -0.39 is 4.92 Å². The minimum atomic E-state index is -0.564. The molecule has 3 aromatic rings. The van der Waals surface area contributed by atoms with Gasteiger partial charge in [0, 0.05) is 22.2 Å². The predicted octanol–water partition coefficient (Wildman–Crippen LogP) is 2.87. The fraction of sp³-hybridized carbons (Fsp3) is 0. The van der Waals surface area contributed by atoms with Crippen LogP contribution in [0.2, 0.25) is 0 Å². The molecule has 8 nitrogen and oxygen atoms in total. The van der Waals surface area contributed by atoms with Gasteiger partial charge in [0.2, 0.25) is 5.82 Å². The van der Waals surface area contributed by atoms with Crippen molar-refractivity contribution in [3.63, 3.8) is 0 Å². The Bertz CT molecular complexity index is 946. The summed E-state index contributed by atoms with van der Waals surface area (Å²) in [5.41, 5.74) is 0.995. The van der Waals surface area contributed by atoms with Crippen LogP contribution in [0.15, 0.2) is 46.9 Å². The maximum absolute atomic E-state index is 10.8. The molecule has 2 aromatic carbocycles. The van der Waals surface area contributed by atoms with Crippen LogP contribution in [0.4, 0.5) is 5.69 Å². The van der Waals surface area contributed by atoms with Crippen LogP contribution in [-0.2, 0) is 0 Å². The molecular formula is C14H7BrN6O2. The molecule has 0 aliphatic heterocycles. The largest absolute Gasteiger partial charge is 0.270 e. The van der Waals surface area contributed by atoms with Crippen molar-refractivity contribution in [1.82, 2.24) is 20.2 Å². The third-order valence-electron chi connectivity index (χ3n) is 3.06. The smallest absolute Gasteiger partial charge is 0.258 e. The Morgan fingerprint density at radius 1 is 1.26 bits per heavy atom. The second-order valence-electron chi connectivity index (χ2n) is 4.45. The van der Waals surface area contributed by atoms with Gasteiger partial charge in [-0.15, -0.1) is 15.0 Å². The summed E-state index contributed by atoms with van der Waals surface area (Å²) >= 11 is 3.41. The van der Waals surface area contributed by atoms with Gasteiger partial charge in [-0.05, 0) is 23.4 Å². The lowest BCUT2D eigenvalue weighted by molar-refractivity contribution is -0.384. The fourth-order valence-corrected chi connectivity index (χ4v) is 2.43. The van der Waals surface area contributed by atoms with E-state index in [1.807, 2.05) is 30.3 Å². The van der Waals surface area contributed by atoms with Crippen LogP contribution in [0.3, 0.4) is 0 Å². The summed E-state index contributed by atoms with van der Waals surface area (Å²) in [6.45, 7) is 0. The first kappa shape index (κ1) is 14.8. The number of nitro benzene ring substituents is 1.